The molecule has 0 aromatic heterocycles. The van der Waals surface area contributed by atoms with Crippen molar-refractivity contribution in [2.75, 3.05) is 7.11 Å². The lowest BCUT2D eigenvalue weighted by Gasteiger charge is -2.28. The lowest BCUT2D eigenvalue weighted by Crippen LogP contribution is -2.15. The highest BCUT2D eigenvalue weighted by atomic mass is 16.5. The number of hydrogen-bond acceptors (Lipinski definition) is 1. The summed E-state index contributed by atoms with van der Waals surface area (Å²) in [5, 5.41) is 0. The maximum atomic E-state index is 6.32. The Bertz CT molecular complexity index is 2040. The van der Waals surface area contributed by atoms with Gasteiger partial charge in [0.2, 0.25) is 0 Å². The molecule has 51 heavy (non-hydrogen) atoms. The van der Waals surface area contributed by atoms with Gasteiger partial charge in [-0.3, -0.25) is 0 Å². The van der Waals surface area contributed by atoms with Gasteiger partial charge < -0.3 is 4.74 Å². The molecule has 0 heterocycles. The van der Waals surface area contributed by atoms with Gasteiger partial charge in [0, 0.05) is 23.0 Å². The molecule has 2 unspecified atom stereocenters. The molecule has 4 aromatic carbocycles. The van der Waals surface area contributed by atoms with Crippen LogP contribution in [-0.2, 0) is 29.1 Å². The van der Waals surface area contributed by atoms with E-state index in [9.17, 15) is 0 Å². The van der Waals surface area contributed by atoms with Crippen LogP contribution < -0.4 is 4.74 Å². The SMILES string of the molecule is COc1c(C(C)(C)C)cc2c(c1-c1ccc(C(C)(C)C)cc1)C=C(C)C2CCC1C(C)=Cc2c1cc1c(c2-c2ccc(C(C)(C)C)cc2)CCC1. The van der Waals surface area contributed by atoms with Crippen LogP contribution in [-0.4, -0.2) is 7.11 Å². The van der Waals surface area contributed by atoms with E-state index in [1.165, 1.54) is 86.0 Å². The van der Waals surface area contributed by atoms with E-state index in [0.29, 0.717) is 11.8 Å². The molecule has 0 saturated heterocycles. The van der Waals surface area contributed by atoms with Gasteiger partial charge in [-0.15, -0.1) is 0 Å². The predicted octanol–water partition coefficient (Wildman–Crippen LogP) is 13.9. The summed E-state index contributed by atoms with van der Waals surface area (Å²) in [4.78, 5) is 0. The second kappa shape index (κ2) is 12.7. The second-order valence-electron chi connectivity index (χ2n) is 18.9. The van der Waals surface area contributed by atoms with E-state index >= 15 is 0 Å². The standard InChI is InChI=1S/C50H60O/c1-30-26-42-40(28-34-14-13-15-39(34)45(42)32-16-20-35(21-17-32)48(3,4)5)37(30)24-25-38-31(2)27-43-41(38)29-44(50(9,10)11)47(51-12)46(43)33-18-22-36(23-19-33)49(6,7)8/h16-23,26-29,37-38H,13-15,24-25H2,1-12H3. The Morgan fingerprint density at radius 3 is 1.53 bits per heavy atom. The van der Waals surface area contributed by atoms with Crippen LogP contribution in [0.4, 0.5) is 0 Å². The average Bonchev–Trinajstić information content (AvgIpc) is 3.74. The third-order valence-electron chi connectivity index (χ3n) is 12.3. The summed E-state index contributed by atoms with van der Waals surface area (Å²) in [6.07, 6.45) is 11.0. The topological polar surface area (TPSA) is 9.23 Å². The molecule has 7 rings (SSSR count). The second-order valence-corrected chi connectivity index (χ2v) is 18.9. The molecular weight excluding hydrogens is 617 g/mol. The number of ether oxygens (including phenoxy) is 1. The minimum absolute atomic E-state index is 0.0485. The fourth-order valence-electron chi connectivity index (χ4n) is 9.28. The van der Waals surface area contributed by atoms with E-state index in [0.717, 1.165) is 18.6 Å². The smallest absolute Gasteiger partial charge is 0.131 e. The van der Waals surface area contributed by atoms with Crippen molar-refractivity contribution < 1.29 is 4.74 Å². The van der Waals surface area contributed by atoms with Crippen molar-refractivity contribution in [2.24, 2.45) is 0 Å². The average molecular weight is 677 g/mol. The van der Waals surface area contributed by atoms with Gasteiger partial charge >= 0.3 is 0 Å². The van der Waals surface area contributed by atoms with E-state index < -0.39 is 0 Å². The van der Waals surface area contributed by atoms with Crippen molar-refractivity contribution in [3.63, 3.8) is 0 Å². The van der Waals surface area contributed by atoms with Crippen LogP contribution in [0.5, 0.6) is 5.75 Å². The molecule has 3 aliphatic carbocycles. The predicted molar refractivity (Wildman–Crippen MR) is 220 cm³/mol. The zero-order valence-corrected chi connectivity index (χ0v) is 33.5. The Morgan fingerprint density at radius 1 is 0.588 bits per heavy atom. The largest absolute Gasteiger partial charge is 0.496 e. The maximum absolute atomic E-state index is 6.32. The summed E-state index contributed by atoms with van der Waals surface area (Å²) in [7, 11) is 1.85. The first-order valence-corrected chi connectivity index (χ1v) is 19.5. The molecule has 0 radical (unpaired) electrons. The van der Waals surface area contributed by atoms with Crippen LogP contribution in [0.15, 0.2) is 71.8 Å². The third-order valence-corrected chi connectivity index (χ3v) is 12.3. The molecule has 266 valence electrons. The van der Waals surface area contributed by atoms with E-state index in [-0.39, 0.29) is 16.2 Å². The lowest BCUT2D eigenvalue weighted by atomic mass is 9.78. The summed E-state index contributed by atoms with van der Waals surface area (Å²) < 4.78 is 6.32. The molecular formula is C50H60O. The molecule has 0 spiro atoms. The van der Waals surface area contributed by atoms with Gasteiger partial charge in [0.25, 0.3) is 0 Å². The number of aryl methyl sites for hydroxylation is 1. The first-order chi connectivity index (χ1) is 24.0. The van der Waals surface area contributed by atoms with Crippen LogP contribution in [0.2, 0.25) is 0 Å². The molecule has 0 fully saturated rings. The summed E-state index contributed by atoms with van der Waals surface area (Å²) in [6.45, 7) is 25.5. The van der Waals surface area contributed by atoms with Gasteiger partial charge in [-0.05, 0) is 123 Å². The van der Waals surface area contributed by atoms with Crippen LogP contribution in [0, 0.1) is 0 Å². The Hall–Kier alpha value is -3.84. The first kappa shape index (κ1) is 35.6. The Labute approximate surface area is 309 Å². The number of allylic oxidation sites excluding steroid dienone is 2. The van der Waals surface area contributed by atoms with E-state index in [1.54, 1.807) is 16.7 Å². The molecule has 2 atom stereocenters. The summed E-state index contributed by atoms with van der Waals surface area (Å²) >= 11 is 0. The number of rotatable bonds is 6. The summed E-state index contributed by atoms with van der Waals surface area (Å²) in [6, 6.07) is 23.9. The zero-order chi connectivity index (χ0) is 36.6. The maximum Gasteiger partial charge on any atom is 0.131 e. The molecule has 3 aliphatic rings. The molecule has 0 N–H and O–H groups in total. The molecule has 1 nitrogen and oxygen atoms in total. The lowest BCUT2D eigenvalue weighted by molar-refractivity contribution is 0.398. The third kappa shape index (κ3) is 6.34. The van der Waals surface area contributed by atoms with Crippen molar-refractivity contribution in [3.05, 3.63) is 122 Å². The van der Waals surface area contributed by atoms with Crippen molar-refractivity contribution in [1.29, 1.82) is 0 Å². The normalized spacial score (nSPS) is 18.4. The summed E-state index contributed by atoms with van der Waals surface area (Å²) in [5.41, 5.74) is 21.7. The quantitative estimate of drug-likeness (QED) is 0.197. The van der Waals surface area contributed by atoms with Crippen molar-refractivity contribution in [3.8, 4) is 28.0 Å². The fourth-order valence-corrected chi connectivity index (χ4v) is 9.28. The molecule has 0 saturated carbocycles. The molecule has 1 heteroatoms. The van der Waals surface area contributed by atoms with E-state index in [2.05, 4.69) is 149 Å². The Balaban J connectivity index is 1.26. The van der Waals surface area contributed by atoms with Gasteiger partial charge in [-0.25, -0.2) is 0 Å². The molecule has 4 aromatic rings. The highest BCUT2D eigenvalue weighted by molar-refractivity contribution is 5.88. The summed E-state index contributed by atoms with van der Waals surface area (Å²) in [5.74, 6) is 1.88. The first-order valence-electron chi connectivity index (χ1n) is 19.5. The Kier molecular flexibility index (Phi) is 8.84. The van der Waals surface area contributed by atoms with Crippen molar-refractivity contribution >= 4 is 12.2 Å². The highest BCUT2D eigenvalue weighted by Gasteiger charge is 2.35. The van der Waals surface area contributed by atoms with Gasteiger partial charge in [0.1, 0.15) is 5.75 Å². The molecule has 0 amide bonds. The molecule has 0 aliphatic heterocycles. The molecule has 0 bridgehead atoms. The minimum Gasteiger partial charge on any atom is -0.496 e. The minimum atomic E-state index is -0.0485. The van der Waals surface area contributed by atoms with Gasteiger partial charge in [-0.2, -0.15) is 0 Å². The number of methoxy groups -OCH3 is 1. The van der Waals surface area contributed by atoms with E-state index in [4.69, 9.17) is 4.74 Å². The van der Waals surface area contributed by atoms with Crippen molar-refractivity contribution in [1.82, 2.24) is 0 Å². The van der Waals surface area contributed by atoms with Gasteiger partial charge in [0.15, 0.2) is 0 Å². The highest BCUT2D eigenvalue weighted by Crippen LogP contribution is 2.53. The number of hydrogen-bond donors (Lipinski definition) is 0. The van der Waals surface area contributed by atoms with E-state index in [1.807, 2.05) is 7.11 Å². The van der Waals surface area contributed by atoms with Crippen LogP contribution in [0.25, 0.3) is 34.4 Å². The zero-order valence-electron chi connectivity index (χ0n) is 33.5. The van der Waals surface area contributed by atoms with Crippen LogP contribution in [0.1, 0.15) is 157 Å². The van der Waals surface area contributed by atoms with Crippen LogP contribution in [0.3, 0.4) is 0 Å². The Morgan fingerprint density at radius 2 is 1.06 bits per heavy atom. The number of benzene rings is 4. The monoisotopic (exact) mass is 676 g/mol. The van der Waals surface area contributed by atoms with Crippen molar-refractivity contribution in [2.45, 2.75) is 136 Å². The fraction of sp³-hybridized carbons (Fsp3) is 0.440. The van der Waals surface area contributed by atoms with Gasteiger partial charge in [0.05, 0.1) is 7.11 Å². The number of fused-ring (bicyclic) bond motifs is 3. The van der Waals surface area contributed by atoms with Gasteiger partial charge in [-0.1, -0.05) is 146 Å². The van der Waals surface area contributed by atoms with Crippen LogP contribution >= 0.6 is 0 Å².